The van der Waals surface area contributed by atoms with Crippen LogP contribution in [0.1, 0.15) is 31.4 Å². The molecule has 2 heterocycles. The number of carbonyl (C=O) groups is 1. The van der Waals surface area contributed by atoms with Crippen LogP contribution in [0.25, 0.3) is 0 Å². The molecule has 2 unspecified atom stereocenters. The molecule has 5 nitrogen and oxygen atoms in total. The molecule has 0 bridgehead atoms. The normalized spacial score (nSPS) is 22.6. The minimum Gasteiger partial charge on any atom is -0.368 e. The standard InChI is InChI=1S/C10H15N3O2/c1-7(8-5-11-12-6-8)13-10(14)9-3-2-4-15-9/h5-7,9H,2-4H2,1H3,(H,11,12)(H,13,14). The summed E-state index contributed by atoms with van der Waals surface area (Å²) in [6, 6.07) is -0.0274. The first kappa shape index (κ1) is 10.2. The number of hydrogen-bond acceptors (Lipinski definition) is 3. The predicted octanol–water partition coefficient (Wildman–Crippen LogP) is 0.766. The number of nitrogens with zero attached hydrogens (tertiary/aromatic N) is 1. The highest BCUT2D eigenvalue weighted by Crippen LogP contribution is 2.15. The van der Waals surface area contributed by atoms with Crippen LogP contribution in [0.3, 0.4) is 0 Å². The van der Waals surface area contributed by atoms with Gasteiger partial charge in [-0.25, -0.2) is 0 Å². The van der Waals surface area contributed by atoms with Crippen LogP contribution in [0.15, 0.2) is 12.4 Å². The van der Waals surface area contributed by atoms with Crippen molar-refractivity contribution in [2.75, 3.05) is 6.61 Å². The van der Waals surface area contributed by atoms with E-state index in [0.717, 1.165) is 18.4 Å². The number of H-pyrrole nitrogens is 1. The SMILES string of the molecule is CC(NC(=O)C1CCCO1)c1cn[nH]c1. The minimum absolute atomic E-state index is 0.0267. The lowest BCUT2D eigenvalue weighted by molar-refractivity contribution is -0.130. The summed E-state index contributed by atoms with van der Waals surface area (Å²) < 4.78 is 5.30. The Balaban J connectivity index is 1.88. The summed E-state index contributed by atoms with van der Waals surface area (Å²) in [6.45, 7) is 2.62. The third kappa shape index (κ3) is 2.36. The van der Waals surface area contributed by atoms with Crippen LogP contribution in [0.4, 0.5) is 0 Å². The molecule has 2 rings (SSSR count). The Labute approximate surface area is 88.2 Å². The molecule has 0 spiro atoms. The topological polar surface area (TPSA) is 67.0 Å². The molecule has 0 radical (unpaired) electrons. The second-order valence-corrected chi connectivity index (χ2v) is 3.76. The molecule has 0 aromatic carbocycles. The van der Waals surface area contributed by atoms with E-state index in [1.54, 1.807) is 12.4 Å². The van der Waals surface area contributed by atoms with Gasteiger partial charge in [0.25, 0.3) is 0 Å². The molecule has 0 saturated carbocycles. The first-order valence-corrected chi connectivity index (χ1v) is 5.18. The van der Waals surface area contributed by atoms with Gasteiger partial charge >= 0.3 is 0 Å². The van der Waals surface area contributed by atoms with Crippen LogP contribution in [-0.2, 0) is 9.53 Å². The Bertz CT molecular complexity index is 317. The van der Waals surface area contributed by atoms with Gasteiger partial charge in [-0.2, -0.15) is 5.10 Å². The highest BCUT2D eigenvalue weighted by Gasteiger charge is 2.24. The Morgan fingerprint density at radius 3 is 3.27 bits per heavy atom. The van der Waals surface area contributed by atoms with E-state index < -0.39 is 0 Å². The number of hydrogen-bond donors (Lipinski definition) is 2. The van der Waals surface area contributed by atoms with Crippen LogP contribution < -0.4 is 5.32 Å². The van der Waals surface area contributed by atoms with Crippen molar-refractivity contribution in [1.82, 2.24) is 15.5 Å². The summed E-state index contributed by atoms with van der Waals surface area (Å²) >= 11 is 0. The smallest absolute Gasteiger partial charge is 0.249 e. The van der Waals surface area contributed by atoms with Crippen LogP contribution in [0.5, 0.6) is 0 Å². The zero-order valence-electron chi connectivity index (χ0n) is 8.69. The maximum atomic E-state index is 11.7. The third-order valence-electron chi connectivity index (χ3n) is 2.60. The maximum Gasteiger partial charge on any atom is 0.249 e. The van der Waals surface area contributed by atoms with Crippen molar-refractivity contribution in [3.8, 4) is 0 Å². The van der Waals surface area contributed by atoms with E-state index in [9.17, 15) is 4.79 Å². The van der Waals surface area contributed by atoms with E-state index in [2.05, 4.69) is 15.5 Å². The van der Waals surface area contributed by atoms with Crippen molar-refractivity contribution < 1.29 is 9.53 Å². The number of aromatic nitrogens is 2. The molecule has 1 fully saturated rings. The lowest BCUT2D eigenvalue weighted by Gasteiger charge is -2.15. The van der Waals surface area contributed by atoms with Gasteiger partial charge in [-0.1, -0.05) is 0 Å². The lowest BCUT2D eigenvalue weighted by Crippen LogP contribution is -2.35. The Kier molecular flexibility index (Phi) is 3.01. The van der Waals surface area contributed by atoms with Crippen molar-refractivity contribution in [3.05, 3.63) is 18.0 Å². The number of nitrogens with one attached hydrogen (secondary N) is 2. The van der Waals surface area contributed by atoms with Gasteiger partial charge in [0.15, 0.2) is 0 Å². The number of amides is 1. The molecule has 82 valence electrons. The largest absolute Gasteiger partial charge is 0.368 e. The van der Waals surface area contributed by atoms with Crippen LogP contribution >= 0.6 is 0 Å². The molecule has 1 aromatic heterocycles. The Hall–Kier alpha value is -1.36. The molecule has 0 aliphatic carbocycles. The van der Waals surface area contributed by atoms with E-state index in [4.69, 9.17) is 4.74 Å². The van der Waals surface area contributed by atoms with Gasteiger partial charge in [0.2, 0.25) is 5.91 Å². The van der Waals surface area contributed by atoms with Crippen molar-refractivity contribution >= 4 is 5.91 Å². The highest BCUT2D eigenvalue weighted by molar-refractivity contribution is 5.81. The second kappa shape index (κ2) is 4.44. The van der Waals surface area contributed by atoms with E-state index in [0.29, 0.717) is 6.61 Å². The lowest BCUT2D eigenvalue weighted by atomic mass is 10.1. The molecule has 5 heteroatoms. The molecule has 1 aromatic rings. The highest BCUT2D eigenvalue weighted by atomic mass is 16.5. The number of carbonyl (C=O) groups excluding carboxylic acids is 1. The summed E-state index contributed by atoms with van der Waals surface area (Å²) in [4.78, 5) is 11.7. The summed E-state index contributed by atoms with van der Waals surface area (Å²) in [5, 5.41) is 9.46. The van der Waals surface area contributed by atoms with E-state index in [-0.39, 0.29) is 18.1 Å². The molecular weight excluding hydrogens is 194 g/mol. The van der Waals surface area contributed by atoms with Gasteiger partial charge in [-0.05, 0) is 19.8 Å². The van der Waals surface area contributed by atoms with Gasteiger partial charge in [-0.15, -0.1) is 0 Å². The van der Waals surface area contributed by atoms with E-state index >= 15 is 0 Å². The monoisotopic (exact) mass is 209 g/mol. The zero-order valence-corrected chi connectivity index (χ0v) is 8.69. The summed E-state index contributed by atoms with van der Waals surface area (Å²) in [5.41, 5.74) is 0.973. The second-order valence-electron chi connectivity index (χ2n) is 3.76. The minimum atomic E-state index is -0.264. The van der Waals surface area contributed by atoms with Gasteiger partial charge in [0.05, 0.1) is 12.2 Å². The van der Waals surface area contributed by atoms with Crippen molar-refractivity contribution in [2.24, 2.45) is 0 Å². The van der Waals surface area contributed by atoms with Crippen LogP contribution in [-0.4, -0.2) is 28.8 Å². The van der Waals surface area contributed by atoms with E-state index in [1.165, 1.54) is 0 Å². The van der Waals surface area contributed by atoms with Crippen molar-refractivity contribution in [2.45, 2.75) is 31.9 Å². The summed E-state index contributed by atoms with van der Waals surface area (Å²) in [5.74, 6) is -0.0267. The third-order valence-corrected chi connectivity index (χ3v) is 2.60. The molecule has 2 N–H and O–H groups in total. The molecule has 1 aliphatic heterocycles. The van der Waals surface area contributed by atoms with Gasteiger partial charge < -0.3 is 10.1 Å². The molecule has 2 atom stereocenters. The first-order valence-electron chi connectivity index (χ1n) is 5.18. The fourth-order valence-corrected chi connectivity index (χ4v) is 1.67. The van der Waals surface area contributed by atoms with Crippen LogP contribution in [0, 0.1) is 0 Å². The fraction of sp³-hybridized carbons (Fsp3) is 0.600. The van der Waals surface area contributed by atoms with E-state index in [1.807, 2.05) is 6.92 Å². The van der Waals surface area contributed by atoms with Gasteiger partial charge in [0, 0.05) is 18.4 Å². The fourth-order valence-electron chi connectivity index (χ4n) is 1.67. The van der Waals surface area contributed by atoms with Gasteiger partial charge in [0.1, 0.15) is 6.10 Å². The predicted molar refractivity (Wildman–Crippen MR) is 54.1 cm³/mol. The quantitative estimate of drug-likeness (QED) is 0.772. The van der Waals surface area contributed by atoms with Crippen molar-refractivity contribution in [3.63, 3.8) is 0 Å². The maximum absolute atomic E-state index is 11.7. The average molecular weight is 209 g/mol. The number of aromatic amines is 1. The summed E-state index contributed by atoms with van der Waals surface area (Å²) in [7, 11) is 0. The summed E-state index contributed by atoms with van der Waals surface area (Å²) in [6.07, 6.45) is 5.02. The first-order chi connectivity index (χ1) is 7.27. The molecule has 1 saturated heterocycles. The Morgan fingerprint density at radius 1 is 1.80 bits per heavy atom. The van der Waals surface area contributed by atoms with Crippen molar-refractivity contribution in [1.29, 1.82) is 0 Å². The number of ether oxygens (including phenoxy) is 1. The molecule has 1 aliphatic rings. The zero-order chi connectivity index (χ0) is 10.7. The molecule has 1 amide bonds. The van der Waals surface area contributed by atoms with Crippen LogP contribution in [0.2, 0.25) is 0 Å². The molecule has 15 heavy (non-hydrogen) atoms. The average Bonchev–Trinajstić information content (AvgIpc) is 2.91. The number of rotatable bonds is 3. The Morgan fingerprint density at radius 2 is 2.67 bits per heavy atom. The van der Waals surface area contributed by atoms with Gasteiger partial charge in [-0.3, -0.25) is 9.89 Å². The molecular formula is C10H15N3O2.